The van der Waals surface area contributed by atoms with E-state index in [0.717, 1.165) is 43.7 Å². The third-order valence-corrected chi connectivity index (χ3v) is 5.05. The van der Waals surface area contributed by atoms with Crippen LogP contribution in [0.1, 0.15) is 38.7 Å². The fraction of sp³-hybridized carbons (Fsp3) is 0.632. The number of rotatable bonds is 6. The van der Waals surface area contributed by atoms with Gasteiger partial charge in [0.05, 0.1) is 6.61 Å². The lowest BCUT2D eigenvalue weighted by molar-refractivity contribution is -0.123. The van der Waals surface area contributed by atoms with Crippen LogP contribution in [0.3, 0.4) is 0 Å². The van der Waals surface area contributed by atoms with E-state index in [1.807, 2.05) is 24.3 Å². The van der Waals surface area contributed by atoms with Crippen molar-refractivity contribution in [3.63, 3.8) is 0 Å². The van der Waals surface area contributed by atoms with Crippen LogP contribution in [0.5, 0.6) is 5.75 Å². The van der Waals surface area contributed by atoms with Gasteiger partial charge >= 0.3 is 0 Å². The lowest BCUT2D eigenvalue weighted by Crippen LogP contribution is -2.33. The van der Waals surface area contributed by atoms with Crippen molar-refractivity contribution >= 4 is 5.91 Å². The molecule has 1 atom stereocenters. The number of hydrogen-bond acceptors (Lipinski definition) is 3. The average Bonchev–Trinajstić information content (AvgIpc) is 3.25. The summed E-state index contributed by atoms with van der Waals surface area (Å²) in [6.07, 6.45) is 3.35. The van der Waals surface area contributed by atoms with E-state index in [0.29, 0.717) is 24.5 Å². The number of nitrogens with one attached hydrogen (secondary N) is 2. The van der Waals surface area contributed by atoms with Crippen molar-refractivity contribution in [3.05, 3.63) is 29.8 Å². The predicted molar refractivity (Wildman–Crippen MR) is 91.3 cm³/mol. The van der Waals surface area contributed by atoms with Crippen LogP contribution in [0, 0.1) is 17.3 Å². The van der Waals surface area contributed by atoms with Gasteiger partial charge in [-0.05, 0) is 61.4 Å². The van der Waals surface area contributed by atoms with Crippen molar-refractivity contribution in [2.24, 2.45) is 17.3 Å². The number of carbonyl (C=O) groups excluding carboxylic acids is 1. The zero-order valence-corrected chi connectivity index (χ0v) is 14.2. The summed E-state index contributed by atoms with van der Waals surface area (Å²) in [5, 5.41) is 6.49. The summed E-state index contributed by atoms with van der Waals surface area (Å²) in [5.41, 5.74) is 1.40. The maximum absolute atomic E-state index is 12.4. The van der Waals surface area contributed by atoms with Gasteiger partial charge in [-0.1, -0.05) is 26.0 Å². The van der Waals surface area contributed by atoms with E-state index in [4.69, 9.17) is 4.74 Å². The monoisotopic (exact) mass is 316 g/mol. The molecule has 4 nitrogen and oxygen atoms in total. The van der Waals surface area contributed by atoms with Crippen LogP contribution in [0.15, 0.2) is 24.3 Å². The summed E-state index contributed by atoms with van der Waals surface area (Å²) < 4.78 is 5.75. The number of ether oxygens (including phenoxy) is 1. The minimum atomic E-state index is 0.223. The normalized spacial score (nSPS) is 22.1. The minimum absolute atomic E-state index is 0.223. The first-order valence-electron chi connectivity index (χ1n) is 8.79. The Labute approximate surface area is 139 Å². The maximum atomic E-state index is 12.4. The molecule has 1 aromatic rings. The van der Waals surface area contributed by atoms with Crippen LogP contribution < -0.4 is 15.4 Å². The summed E-state index contributed by atoms with van der Waals surface area (Å²) in [6.45, 7) is 7.68. The van der Waals surface area contributed by atoms with Crippen molar-refractivity contribution in [1.82, 2.24) is 10.6 Å². The Morgan fingerprint density at radius 3 is 2.91 bits per heavy atom. The topological polar surface area (TPSA) is 50.4 Å². The van der Waals surface area contributed by atoms with Crippen molar-refractivity contribution in [3.8, 4) is 5.75 Å². The summed E-state index contributed by atoms with van der Waals surface area (Å²) in [5.74, 6) is 1.84. The fourth-order valence-corrected chi connectivity index (χ4v) is 3.52. The highest BCUT2D eigenvalue weighted by molar-refractivity contribution is 5.82. The summed E-state index contributed by atoms with van der Waals surface area (Å²) >= 11 is 0. The Balaban J connectivity index is 1.48. The lowest BCUT2D eigenvalue weighted by atomic mass is 9.92. The second kappa shape index (κ2) is 6.91. The van der Waals surface area contributed by atoms with Crippen LogP contribution in [0.4, 0.5) is 0 Å². The van der Waals surface area contributed by atoms with Crippen LogP contribution in [-0.4, -0.2) is 25.6 Å². The van der Waals surface area contributed by atoms with Crippen LogP contribution in [0.2, 0.25) is 0 Å². The summed E-state index contributed by atoms with van der Waals surface area (Å²) in [6, 6.07) is 8.02. The Morgan fingerprint density at radius 2 is 2.17 bits per heavy atom. The molecular weight excluding hydrogens is 288 g/mol. The average molecular weight is 316 g/mol. The van der Waals surface area contributed by atoms with Gasteiger partial charge in [0.1, 0.15) is 5.75 Å². The molecule has 2 N–H and O–H groups in total. The van der Waals surface area contributed by atoms with E-state index in [1.54, 1.807) is 0 Å². The standard InChI is InChI=1S/C19H28N2O2/c1-14(2)13-23-16-5-3-4-15(10-16)12-21-18(22)17-11-19(17)6-8-20-9-7-19/h3-5,10,14,17,20H,6-9,11-13H2,1-2H3,(H,21,22). The molecule has 4 heteroatoms. The molecule has 1 saturated carbocycles. The van der Waals surface area contributed by atoms with Gasteiger partial charge in [0, 0.05) is 12.5 Å². The molecule has 0 bridgehead atoms. The molecule has 1 aromatic carbocycles. The maximum Gasteiger partial charge on any atom is 0.223 e. The number of piperidine rings is 1. The molecule has 1 heterocycles. The number of amides is 1. The Kier molecular flexibility index (Phi) is 4.90. The number of hydrogen-bond donors (Lipinski definition) is 2. The van der Waals surface area contributed by atoms with Crippen molar-refractivity contribution in [1.29, 1.82) is 0 Å². The SMILES string of the molecule is CC(C)COc1cccc(CNC(=O)C2CC23CCNCC3)c1. The van der Waals surface area contributed by atoms with E-state index >= 15 is 0 Å². The Bertz CT molecular complexity index is 550. The molecule has 1 amide bonds. The van der Waals surface area contributed by atoms with Gasteiger partial charge in [-0.2, -0.15) is 0 Å². The zero-order chi connectivity index (χ0) is 16.3. The van der Waals surface area contributed by atoms with Gasteiger partial charge in [-0.25, -0.2) is 0 Å². The molecule has 3 rings (SSSR count). The third-order valence-electron chi connectivity index (χ3n) is 5.05. The molecular formula is C19H28N2O2. The predicted octanol–water partition coefficient (Wildman–Crippen LogP) is 2.73. The van der Waals surface area contributed by atoms with Crippen molar-refractivity contribution in [2.45, 2.75) is 39.7 Å². The molecule has 0 radical (unpaired) electrons. The quantitative estimate of drug-likeness (QED) is 0.848. The first-order chi connectivity index (χ1) is 11.1. The molecule has 1 unspecified atom stereocenters. The lowest BCUT2D eigenvalue weighted by Gasteiger charge is -2.23. The summed E-state index contributed by atoms with van der Waals surface area (Å²) in [4.78, 5) is 12.4. The highest BCUT2D eigenvalue weighted by Gasteiger charge is 2.57. The molecule has 23 heavy (non-hydrogen) atoms. The zero-order valence-electron chi connectivity index (χ0n) is 14.2. The van der Waals surface area contributed by atoms with Gasteiger partial charge in [0.25, 0.3) is 0 Å². The molecule has 2 aliphatic rings. The Morgan fingerprint density at radius 1 is 1.39 bits per heavy atom. The van der Waals surface area contributed by atoms with E-state index in [9.17, 15) is 4.79 Å². The van der Waals surface area contributed by atoms with Gasteiger partial charge in [0.15, 0.2) is 0 Å². The van der Waals surface area contributed by atoms with Gasteiger partial charge in [0.2, 0.25) is 5.91 Å². The molecule has 126 valence electrons. The van der Waals surface area contributed by atoms with Gasteiger partial charge in [-0.15, -0.1) is 0 Å². The van der Waals surface area contributed by atoms with E-state index in [1.165, 1.54) is 0 Å². The molecule has 1 aliphatic carbocycles. The van der Waals surface area contributed by atoms with Gasteiger partial charge < -0.3 is 15.4 Å². The van der Waals surface area contributed by atoms with Gasteiger partial charge in [-0.3, -0.25) is 4.79 Å². The first kappa shape index (κ1) is 16.3. The molecule has 1 saturated heterocycles. The molecule has 1 aliphatic heterocycles. The van der Waals surface area contributed by atoms with Crippen molar-refractivity contribution in [2.75, 3.05) is 19.7 Å². The fourth-order valence-electron chi connectivity index (χ4n) is 3.52. The largest absolute Gasteiger partial charge is 0.493 e. The highest BCUT2D eigenvalue weighted by Crippen LogP contribution is 2.58. The third kappa shape index (κ3) is 4.05. The van der Waals surface area contributed by atoms with Crippen LogP contribution in [-0.2, 0) is 11.3 Å². The number of carbonyl (C=O) groups is 1. The molecule has 0 aromatic heterocycles. The second-order valence-corrected chi connectivity index (χ2v) is 7.44. The minimum Gasteiger partial charge on any atom is -0.493 e. The van der Waals surface area contributed by atoms with E-state index in [2.05, 4.69) is 24.5 Å². The Hall–Kier alpha value is -1.55. The summed E-state index contributed by atoms with van der Waals surface area (Å²) in [7, 11) is 0. The molecule has 2 fully saturated rings. The smallest absolute Gasteiger partial charge is 0.223 e. The highest BCUT2D eigenvalue weighted by atomic mass is 16.5. The first-order valence-corrected chi connectivity index (χ1v) is 8.79. The molecule has 1 spiro atoms. The van der Waals surface area contributed by atoms with E-state index < -0.39 is 0 Å². The van der Waals surface area contributed by atoms with E-state index in [-0.39, 0.29) is 11.8 Å². The number of benzene rings is 1. The van der Waals surface area contributed by atoms with Crippen LogP contribution >= 0.6 is 0 Å². The second-order valence-electron chi connectivity index (χ2n) is 7.44. The van der Waals surface area contributed by atoms with Crippen LogP contribution in [0.25, 0.3) is 0 Å². The van der Waals surface area contributed by atoms with Crippen molar-refractivity contribution < 1.29 is 9.53 Å².